The number of fused-ring (bicyclic) bond motifs is 1. The Hall–Kier alpha value is -1.60. The maximum Gasteiger partial charge on any atom is 0.223 e. The van der Waals surface area contributed by atoms with Gasteiger partial charge in [-0.05, 0) is 18.9 Å². The average Bonchev–Trinajstić information content (AvgIpc) is 3.39. The van der Waals surface area contributed by atoms with Crippen molar-refractivity contribution in [3.63, 3.8) is 0 Å². The van der Waals surface area contributed by atoms with E-state index in [0.717, 1.165) is 24.2 Å². The minimum atomic E-state index is -3.17. The largest absolute Gasteiger partial charge is 0.487 e. The predicted octanol–water partition coefficient (Wildman–Crippen LogP) is 1.83. The molecule has 0 radical (unpaired) electrons. The van der Waals surface area contributed by atoms with Crippen LogP contribution in [0.25, 0.3) is 0 Å². The molecule has 1 aliphatic carbocycles. The highest BCUT2D eigenvalue weighted by Gasteiger charge is 2.45. The van der Waals surface area contributed by atoms with Crippen molar-refractivity contribution in [1.82, 2.24) is 9.62 Å². The molecule has 1 aromatic carbocycles. The highest BCUT2D eigenvalue weighted by Crippen LogP contribution is 2.45. The number of nitrogens with one attached hydrogen (secondary N) is 1. The van der Waals surface area contributed by atoms with Gasteiger partial charge in [0.05, 0.1) is 12.3 Å². The molecule has 0 unspecified atom stereocenters. The zero-order valence-corrected chi connectivity index (χ0v) is 15.2. The van der Waals surface area contributed by atoms with E-state index in [1.807, 2.05) is 24.3 Å². The average molecular weight is 364 g/mol. The number of rotatable bonds is 3. The molecule has 136 valence electrons. The normalized spacial score (nSPS) is 25.9. The third-order valence-corrected chi connectivity index (χ3v) is 6.87. The van der Waals surface area contributed by atoms with Crippen molar-refractivity contribution in [1.29, 1.82) is 0 Å². The van der Waals surface area contributed by atoms with Crippen molar-refractivity contribution >= 4 is 15.9 Å². The molecule has 3 aliphatic rings. The lowest BCUT2D eigenvalue weighted by molar-refractivity contribution is -0.123. The lowest BCUT2D eigenvalue weighted by Crippen LogP contribution is -2.53. The Morgan fingerprint density at radius 2 is 1.92 bits per heavy atom. The number of nitrogens with zero attached hydrogens (tertiary/aromatic N) is 1. The molecule has 0 bridgehead atoms. The van der Waals surface area contributed by atoms with Crippen LogP contribution in [0.15, 0.2) is 24.3 Å². The van der Waals surface area contributed by atoms with Gasteiger partial charge in [0.2, 0.25) is 15.9 Å². The summed E-state index contributed by atoms with van der Waals surface area (Å²) in [5, 5.41) is 3.20. The fourth-order valence-corrected chi connectivity index (χ4v) is 4.76. The summed E-state index contributed by atoms with van der Waals surface area (Å²) in [5.41, 5.74) is 0.615. The number of para-hydroxylation sites is 1. The van der Waals surface area contributed by atoms with Gasteiger partial charge in [0.25, 0.3) is 0 Å². The lowest BCUT2D eigenvalue weighted by atomic mass is 9.81. The Balaban J connectivity index is 1.56. The molecule has 1 N–H and O–H groups in total. The Labute approximate surface area is 148 Å². The molecule has 1 spiro atoms. The Morgan fingerprint density at radius 3 is 2.56 bits per heavy atom. The summed E-state index contributed by atoms with van der Waals surface area (Å²) in [6.45, 7) is 0.925. The van der Waals surface area contributed by atoms with E-state index in [9.17, 15) is 13.2 Å². The fraction of sp³-hybridized carbons (Fsp3) is 0.611. The third kappa shape index (κ3) is 3.40. The number of hydrogen-bond acceptors (Lipinski definition) is 4. The van der Waals surface area contributed by atoms with Gasteiger partial charge in [0.1, 0.15) is 11.4 Å². The standard InChI is InChI=1S/C18H24N2O4S/c1-25(22,23)20-10-8-18(9-11-20)12-15(19-17(21)13-6-7-13)14-4-2-3-5-16(14)24-18/h2-5,13,15H,6-12H2,1H3,(H,19,21)/t15-/m0/s1. The minimum Gasteiger partial charge on any atom is -0.487 e. The van der Waals surface area contributed by atoms with Crippen LogP contribution in [0.2, 0.25) is 0 Å². The number of piperidine rings is 1. The zero-order valence-electron chi connectivity index (χ0n) is 14.4. The summed E-state index contributed by atoms with van der Waals surface area (Å²) in [6.07, 6.45) is 5.19. The van der Waals surface area contributed by atoms with Crippen LogP contribution in [0.3, 0.4) is 0 Å². The highest BCUT2D eigenvalue weighted by molar-refractivity contribution is 7.88. The monoisotopic (exact) mass is 364 g/mol. The third-order valence-electron chi connectivity index (χ3n) is 5.56. The van der Waals surface area contributed by atoms with Gasteiger partial charge in [0.15, 0.2) is 0 Å². The van der Waals surface area contributed by atoms with Crippen LogP contribution in [0.5, 0.6) is 5.75 Å². The lowest BCUT2D eigenvalue weighted by Gasteiger charge is -2.46. The molecule has 25 heavy (non-hydrogen) atoms. The number of carbonyl (C=O) groups excluding carboxylic acids is 1. The molecule has 2 fully saturated rings. The Morgan fingerprint density at radius 1 is 1.24 bits per heavy atom. The molecule has 7 heteroatoms. The molecule has 4 rings (SSSR count). The van der Waals surface area contributed by atoms with Crippen LogP contribution < -0.4 is 10.1 Å². The van der Waals surface area contributed by atoms with Crippen molar-refractivity contribution in [2.45, 2.75) is 43.7 Å². The topological polar surface area (TPSA) is 75.7 Å². The quantitative estimate of drug-likeness (QED) is 0.888. The van der Waals surface area contributed by atoms with E-state index in [0.29, 0.717) is 32.4 Å². The van der Waals surface area contributed by atoms with Crippen molar-refractivity contribution in [2.24, 2.45) is 5.92 Å². The highest BCUT2D eigenvalue weighted by atomic mass is 32.2. The molecular weight excluding hydrogens is 340 g/mol. The molecular formula is C18H24N2O4S. The number of amides is 1. The summed E-state index contributed by atoms with van der Waals surface area (Å²) >= 11 is 0. The van der Waals surface area contributed by atoms with Crippen LogP contribution in [-0.2, 0) is 14.8 Å². The van der Waals surface area contributed by atoms with Crippen molar-refractivity contribution in [3.05, 3.63) is 29.8 Å². The van der Waals surface area contributed by atoms with Gasteiger partial charge < -0.3 is 10.1 Å². The van der Waals surface area contributed by atoms with Crippen LogP contribution in [0.1, 0.15) is 43.7 Å². The second-order valence-electron chi connectivity index (χ2n) is 7.52. The summed E-state index contributed by atoms with van der Waals surface area (Å²) in [4.78, 5) is 12.3. The van der Waals surface area contributed by atoms with E-state index >= 15 is 0 Å². The van der Waals surface area contributed by atoms with Crippen molar-refractivity contribution in [3.8, 4) is 5.75 Å². The van der Waals surface area contributed by atoms with E-state index in [2.05, 4.69) is 5.32 Å². The molecule has 2 heterocycles. The maximum atomic E-state index is 12.3. The SMILES string of the molecule is CS(=O)(=O)N1CCC2(CC1)C[C@H](NC(=O)C1CC1)c1ccccc1O2. The maximum absolute atomic E-state index is 12.3. The molecule has 1 saturated heterocycles. The first-order valence-electron chi connectivity index (χ1n) is 8.90. The van der Waals surface area contributed by atoms with Gasteiger partial charge in [-0.1, -0.05) is 18.2 Å². The Bertz CT molecular complexity index is 780. The number of carbonyl (C=O) groups is 1. The molecule has 1 atom stereocenters. The van der Waals surface area contributed by atoms with Crippen molar-refractivity contribution in [2.75, 3.05) is 19.3 Å². The van der Waals surface area contributed by atoms with Crippen LogP contribution in [0, 0.1) is 5.92 Å². The number of ether oxygens (including phenoxy) is 1. The minimum absolute atomic E-state index is 0.0668. The first-order valence-corrected chi connectivity index (χ1v) is 10.7. The van der Waals surface area contributed by atoms with Crippen LogP contribution >= 0.6 is 0 Å². The van der Waals surface area contributed by atoms with E-state index < -0.39 is 15.6 Å². The second kappa shape index (κ2) is 5.99. The number of hydrogen-bond donors (Lipinski definition) is 1. The summed E-state index contributed by atoms with van der Waals surface area (Å²) in [5.74, 6) is 1.10. The van der Waals surface area contributed by atoms with Gasteiger partial charge in [0, 0.05) is 43.8 Å². The van der Waals surface area contributed by atoms with E-state index in [-0.39, 0.29) is 17.9 Å². The smallest absolute Gasteiger partial charge is 0.223 e. The second-order valence-corrected chi connectivity index (χ2v) is 9.51. The molecule has 1 amide bonds. The molecule has 6 nitrogen and oxygen atoms in total. The summed E-state index contributed by atoms with van der Waals surface area (Å²) < 4.78 is 31.4. The van der Waals surface area contributed by atoms with Gasteiger partial charge >= 0.3 is 0 Å². The molecule has 0 aromatic heterocycles. The summed E-state index contributed by atoms with van der Waals surface area (Å²) in [6, 6.07) is 7.77. The fourth-order valence-electron chi connectivity index (χ4n) is 3.91. The molecule has 2 aliphatic heterocycles. The van der Waals surface area contributed by atoms with E-state index in [1.54, 1.807) is 0 Å². The van der Waals surface area contributed by atoms with E-state index in [4.69, 9.17) is 4.74 Å². The first kappa shape index (κ1) is 16.8. The molecule has 1 saturated carbocycles. The van der Waals surface area contributed by atoms with E-state index in [1.165, 1.54) is 10.6 Å². The molecule has 1 aromatic rings. The number of sulfonamides is 1. The van der Waals surface area contributed by atoms with Crippen molar-refractivity contribution < 1.29 is 17.9 Å². The Kier molecular flexibility index (Phi) is 4.03. The zero-order chi connectivity index (χ0) is 17.7. The van der Waals surface area contributed by atoms with Gasteiger partial charge in [-0.2, -0.15) is 0 Å². The van der Waals surface area contributed by atoms with Gasteiger partial charge in [-0.25, -0.2) is 12.7 Å². The number of benzene rings is 1. The van der Waals surface area contributed by atoms with Crippen LogP contribution in [0.4, 0.5) is 0 Å². The van der Waals surface area contributed by atoms with Gasteiger partial charge in [-0.15, -0.1) is 0 Å². The predicted molar refractivity (Wildman–Crippen MR) is 93.7 cm³/mol. The van der Waals surface area contributed by atoms with Gasteiger partial charge in [-0.3, -0.25) is 4.79 Å². The summed E-state index contributed by atoms with van der Waals surface area (Å²) in [7, 11) is -3.17. The van der Waals surface area contributed by atoms with Crippen LogP contribution in [-0.4, -0.2) is 43.6 Å². The first-order chi connectivity index (χ1) is 11.9.